The molecule has 9 heteroatoms. The van der Waals surface area contributed by atoms with Crippen molar-refractivity contribution in [2.75, 3.05) is 38.7 Å². The number of rotatable bonds is 7. The summed E-state index contributed by atoms with van der Waals surface area (Å²) in [5.74, 6) is 0.771. The molecule has 1 saturated heterocycles. The van der Waals surface area contributed by atoms with E-state index in [1.165, 1.54) is 16.9 Å². The molecular formula is C24H26N6O2S. The van der Waals surface area contributed by atoms with E-state index in [0.29, 0.717) is 18.1 Å². The summed E-state index contributed by atoms with van der Waals surface area (Å²) < 4.78 is 6.94. The molecule has 1 fully saturated rings. The minimum Gasteiger partial charge on any atom is -0.383 e. The van der Waals surface area contributed by atoms with Gasteiger partial charge in [0.25, 0.3) is 0 Å². The Labute approximate surface area is 196 Å². The Morgan fingerprint density at radius 3 is 2.64 bits per heavy atom. The first-order valence-corrected chi connectivity index (χ1v) is 11.8. The van der Waals surface area contributed by atoms with Gasteiger partial charge in [-0.2, -0.15) is 9.61 Å². The van der Waals surface area contributed by atoms with Crippen LogP contribution in [0.4, 0.5) is 10.6 Å². The summed E-state index contributed by atoms with van der Waals surface area (Å²) in [7, 11) is 1.71. The summed E-state index contributed by atoms with van der Waals surface area (Å²) in [6, 6.07) is 19.9. The van der Waals surface area contributed by atoms with E-state index in [4.69, 9.17) is 9.72 Å². The van der Waals surface area contributed by atoms with Crippen molar-refractivity contribution in [3.8, 4) is 11.3 Å². The van der Waals surface area contributed by atoms with Crippen molar-refractivity contribution in [1.82, 2.24) is 24.8 Å². The zero-order chi connectivity index (χ0) is 22.6. The molecule has 4 aromatic rings. The van der Waals surface area contributed by atoms with Gasteiger partial charge >= 0.3 is 6.03 Å². The van der Waals surface area contributed by atoms with Crippen molar-refractivity contribution in [3.05, 3.63) is 71.7 Å². The molecule has 5 rings (SSSR count). The lowest BCUT2D eigenvalue weighted by Gasteiger charge is -2.20. The number of nitrogens with one attached hydrogen (secondary N) is 2. The van der Waals surface area contributed by atoms with Gasteiger partial charge in [0, 0.05) is 38.2 Å². The number of fused-ring (bicyclic) bond motifs is 1. The van der Waals surface area contributed by atoms with Crippen molar-refractivity contribution in [2.24, 2.45) is 0 Å². The van der Waals surface area contributed by atoms with Crippen molar-refractivity contribution in [2.45, 2.75) is 12.0 Å². The zero-order valence-electron chi connectivity index (χ0n) is 18.3. The number of carbonyl (C=O) groups is 1. The number of hydrogen-bond donors (Lipinski definition) is 2. The Kier molecular flexibility index (Phi) is 6.34. The van der Waals surface area contributed by atoms with Crippen LogP contribution in [0.15, 0.2) is 66.2 Å². The molecule has 0 spiro atoms. The molecule has 2 amide bonds. The summed E-state index contributed by atoms with van der Waals surface area (Å²) in [5, 5.41) is 10.6. The van der Waals surface area contributed by atoms with Gasteiger partial charge in [-0.1, -0.05) is 72.0 Å². The molecule has 0 radical (unpaired) electrons. The van der Waals surface area contributed by atoms with E-state index in [9.17, 15) is 4.79 Å². The Bertz CT molecular complexity index is 1210. The van der Waals surface area contributed by atoms with Crippen LogP contribution in [0, 0.1) is 0 Å². The topological polar surface area (TPSA) is 83.8 Å². The normalized spacial score (nSPS) is 18.6. The Morgan fingerprint density at radius 1 is 1.12 bits per heavy atom. The number of likely N-dealkylation sites (tertiary alicyclic amines) is 1. The molecule has 0 aliphatic carbocycles. The van der Waals surface area contributed by atoms with Gasteiger partial charge in [0.1, 0.15) is 11.2 Å². The first kappa shape index (κ1) is 21.6. The molecule has 2 aromatic carbocycles. The molecule has 1 aliphatic heterocycles. The fourth-order valence-corrected chi connectivity index (χ4v) is 5.01. The minimum absolute atomic E-state index is 0.0247. The van der Waals surface area contributed by atoms with Crippen molar-refractivity contribution < 1.29 is 9.53 Å². The van der Waals surface area contributed by atoms with E-state index < -0.39 is 0 Å². The van der Waals surface area contributed by atoms with Crippen LogP contribution in [-0.2, 0) is 4.74 Å². The molecule has 170 valence electrons. The highest BCUT2D eigenvalue weighted by molar-refractivity contribution is 7.14. The number of aromatic nitrogens is 3. The summed E-state index contributed by atoms with van der Waals surface area (Å²) in [5.41, 5.74) is 4.58. The third-order valence-corrected chi connectivity index (χ3v) is 6.65. The smallest absolute Gasteiger partial charge is 0.320 e. The van der Waals surface area contributed by atoms with Crippen LogP contribution in [0.1, 0.15) is 11.5 Å². The molecular weight excluding hydrogens is 436 g/mol. The standard InChI is InChI=1S/C24H26N6O2S/c1-32-13-12-29-14-19(17-8-4-2-5-9-17)20(15-29)26-23(31)28-22-21(18-10-6-3-7-11-18)27-24-30(22)25-16-33-24/h2-11,16,19-20H,12-15H2,1H3,(H2,26,28,31)/t19-,20+/m0/s1. The van der Waals surface area contributed by atoms with Crippen molar-refractivity contribution in [1.29, 1.82) is 0 Å². The maximum atomic E-state index is 13.2. The average Bonchev–Trinajstić information content (AvgIpc) is 3.55. The SMILES string of the molecule is COCCN1C[C@@H](NC(=O)Nc2c(-c3ccccc3)nc3scnn23)[C@H](c2ccccc2)C1. The van der Waals surface area contributed by atoms with Crippen LogP contribution >= 0.6 is 11.3 Å². The van der Waals surface area contributed by atoms with Gasteiger partial charge in [0.15, 0.2) is 5.82 Å². The first-order chi connectivity index (χ1) is 16.2. The molecule has 1 aliphatic rings. The van der Waals surface area contributed by atoms with Crippen LogP contribution in [0.25, 0.3) is 16.2 Å². The molecule has 0 unspecified atom stereocenters. The van der Waals surface area contributed by atoms with Crippen LogP contribution in [-0.4, -0.2) is 64.9 Å². The monoisotopic (exact) mass is 462 g/mol. The maximum absolute atomic E-state index is 13.2. The number of methoxy groups -OCH3 is 1. The number of imidazole rings is 1. The number of carbonyl (C=O) groups excluding carboxylic acids is 1. The molecule has 2 N–H and O–H groups in total. The van der Waals surface area contributed by atoms with Crippen molar-refractivity contribution in [3.63, 3.8) is 0 Å². The summed E-state index contributed by atoms with van der Waals surface area (Å²) in [6.45, 7) is 3.13. The van der Waals surface area contributed by atoms with Crippen LogP contribution < -0.4 is 10.6 Å². The predicted octanol–water partition coefficient (Wildman–Crippen LogP) is 3.69. The number of benzene rings is 2. The number of nitrogens with zero attached hydrogens (tertiary/aromatic N) is 4. The third kappa shape index (κ3) is 4.61. The lowest BCUT2D eigenvalue weighted by molar-refractivity contribution is 0.159. The van der Waals surface area contributed by atoms with Gasteiger partial charge in [-0.25, -0.2) is 9.78 Å². The lowest BCUT2D eigenvalue weighted by Crippen LogP contribution is -2.42. The molecule has 33 heavy (non-hydrogen) atoms. The molecule has 3 heterocycles. The second-order valence-electron chi connectivity index (χ2n) is 8.08. The highest BCUT2D eigenvalue weighted by atomic mass is 32.1. The number of hydrogen-bond acceptors (Lipinski definition) is 6. The fourth-order valence-electron chi connectivity index (χ4n) is 4.39. The summed E-state index contributed by atoms with van der Waals surface area (Å²) in [4.78, 5) is 20.9. The van der Waals surface area contributed by atoms with E-state index in [0.717, 1.165) is 30.2 Å². The quantitative estimate of drug-likeness (QED) is 0.438. The largest absolute Gasteiger partial charge is 0.383 e. The molecule has 2 aromatic heterocycles. The van der Waals surface area contributed by atoms with Gasteiger partial charge in [0.05, 0.1) is 12.6 Å². The van der Waals surface area contributed by atoms with Gasteiger partial charge in [-0.05, 0) is 5.56 Å². The number of anilines is 1. The first-order valence-electron chi connectivity index (χ1n) is 10.9. The van der Waals surface area contributed by atoms with E-state index >= 15 is 0 Å². The second-order valence-corrected chi connectivity index (χ2v) is 8.89. The van der Waals surface area contributed by atoms with E-state index in [1.807, 2.05) is 48.5 Å². The Morgan fingerprint density at radius 2 is 1.88 bits per heavy atom. The Balaban J connectivity index is 1.37. The van der Waals surface area contributed by atoms with Gasteiger partial charge in [0.2, 0.25) is 4.96 Å². The molecule has 2 atom stereocenters. The molecule has 0 saturated carbocycles. The minimum atomic E-state index is -0.262. The predicted molar refractivity (Wildman–Crippen MR) is 130 cm³/mol. The third-order valence-electron chi connectivity index (χ3n) is 5.98. The maximum Gasteiger partial charge on any atom is 0.320 e. The number of ether oxygens (including phenoxy) is 1. The highest BCUT2D eigenvalue weighted by Crippen LogP contribution is 2.30. The van der Waals surface area contributed by atoms with E-state index in [1.54, 1.807) is 17.1 Å². The summed E-state index contributed by atoms with van der Waals surface area (Å²) in [6.07, 6.45) is 0. The average molecular weight is 463 g/mol. The Hall–Kier alpha value is -3.27. The van der Waals surface area contributed by atoms with Gasteiger partial charge < -0.3 is 10.1 Å². The number of amides is 2. The fraction of sp³-hybridized carbons (Fsp3) is 0.292. The van der Waals surface area contributed by atoms with Crippen LogP contribution in [0.5, 0.6) is 0 Å². The van der Waals surface area contributed by atoms with Gasteiger partial charge in [-0.15, -0.1) is 0 Å². The van der Waals surface area contributed by atoms with E-state index in [2.05, 4.69) is 32.8 Å². The van der Waals surface area contributed by atoms with Crippen LogP contribution in [0.3, 0.4) is 0 Å². The molecule has 0 bridgehead atoms. The summed E-state index contributed by atoms with van der Waals surface area (Å²) >= 11 is 1.43. The second kappa shape index (κ2) is 9.70. The van der Waals surface area contributed by atoms with Crippen molar-refractivity contribution >= 4 is 28.1 Å². The van der Waals surface area contributed by atoms with E-state index in [-0.39, 0.29) is 18.0 Å². The zero-order valence-corrected chi connectivity index (χ0v) is 19.2. The molecule has 8 nitrogen and oxygen atoms in total. The lowest BCUT2D eigenvalue weighted by atomic mass is 9.94. The van der Waals surface area contributed by atoms with Crippen LogP contribution in [0.2, 0.25) is 0 Å². The van der Waals surface area contributed by atoms with Gasteiger partial charge in [-0.3, -0.25) is 10.2 Å². The highest BCUT2D eigenvalue weighted by Gasteiger charge is 2.35. The number of urea groups is 1.